The number of aromatic nitrogens is 5. The molecule has 1 aliphatic carbocycles. The summed E-state index contributed by atoms with van der Waals surface area (Å²) in [4.78, 5) is 72.4. The molecule has 14 rings (SSSR count). The molecule has 0 atom stereocenters. The molecule has 3 N–H and O–H groups in total. The molecule has 0 saturated carbocycles. The zero-order valence-corrected chi connectivity index (χ0v) is 66.2. The molecule has 520 valence electrons. The molecule has 21 nitrogen and oxygen atoms in total. The normalized spacial score (nSPS) is 13.3. The van der Waals surface area contributed by atoms with Gasteiger partial charge in [0.25, 0.3) is 5.91 Å². The minimum absolute atomic E-state index is 0. The fraction of sp³-hybridized carbons (Fsp3) is 0.256. The van der Waals surface area contributed by atoms with Crippen LogP contribution in [-0.4, -0.2) is 122 Å². The van der Waals surface area contributed by atoms with Crippen molar-refractivity contribution < 1.29 is 105 Å². The number of rotatable bonds is 22. The maximum Gasteiger partial charge on any atom is 1.00 e. The summed E-state index contributed by atoms with van der Waals surface area (Å²) in [5.41, 5.74) is 15.1. The number of aromatic amines is 1. The third kappa shape index (κ3) is 17.8. The van der Waals surface area contributed by atoms with Gasteiger partial charge in [0.2, 0.25) is 5.95 Å². The van der Waals surface area contributed by atoms with E-state index in [1.807, 2.05) is 141 Å². The van der Waals surface area contributed by atoms with Gasteiger partial charge in [0.05, 0.1) is 38.6 Å². The Labute approximate surface area is 652 Å². The second-order valence-corrected chi connectivity index (χ2v) is 28.9. The van der Waals surface area contributed by atoms with Gasteiger partial charge in [-0.2, -0.15) is 9.97 Å². The summed E-state index contributed by atoms with van der Waals surface area (Å²) in [6.45, 7) is 12.6. The molecule has 0 saturated heterocycles. The van der Waals surface area contributed by atoms with Gasteiger partial charge < -0.3 is 45.1 Å². The van der Waals surface area contributed by atoms with E-state index in [-0.39, 0.29) is 93.5 Å². The number of carbonyl (C=O) groups is 1. The number of nitrogens with zero attached hydrogens (tertiary/aromatic N) is 8. The van der Waals surface area contributed by atoms with E-state index >= 15 is 0 Å². The van der Waals surface area contributed by atoms with Crippen molar-refractivity contribution in [2.24, 2.45) is 4.99 Å². The number of hydrogen-bond acceptors (Lipinski definition) is 19. The molecule has 1 amide bonds. The Hall–Kier alpha value is -8.67. The van der Waals surface area contributed by atoms with Crippen molar-refractivity contribution in [2.45, 2.75) is 77.5 Å². The van der Waals surface area contributed by atoms with Gasteiger partial charge in [-0.1, -0.05) is 78.9 Å². The number of carbonyl (C=O) groups excluding carboxylic acids is 1. The van der Waals surface area contributed by atoms with Crippen LogP contribution in [0.3, 0.4) is 0 Å². The van der Waals surface area contributed by atoms with Crippen LogP contribution < -0.4 is 101 Å². The van der Waals surface area contributed by atoms with E-state index in [0.29, 0.717) is 80.8 Å². The maximum absolute atomic E-state index is 13.4. The van der Waals surface area contributed by atoms with Gasteiger partial charge in [-0.15, -0.1) is 0 Å². The Bertz CT molecular complexity index is 5410. The molecule has 2 aliphatic heterocycles. The van der Waals surface area contributed by atoms with Crippen molar-refractivity contribution in [3.8, 4) is 11.4 Å². The van der Waals surface area contributed by atoms with E-state index in [2.05, 4.69) is 70.1 Å². The average Bonchev–Trinajstić information content (AvgIpc) is 1.65. The minimum Gasteiger partial charge on any atom is -1.00 e. The molecule has 0 unspecified atom stereocenters. The quantitative estimate of drug-likeness (QED) is 0.0323. The first kappa shape index (κ1) is 74.5. The molecule has 0 fully saturated rings. The first-order chi connectivity index (χ1) is 48.6. The predicted octanol–water partition coefficient (Wildman–Crippen LogP) is 10.1. The van der Waals surface area contributed by atoms with Crippen molar-refractivity contribution in [1.29, 1.82) is 0 Å². The van der Waals surface area contributed by atoms with Crippen LogP contribution in [0.5, 0.6) is 0 Å². The van der Waals surface area contributed by atoms with Crippen LogP contribution in [-0.2, 0) is 44.0 Å². The van der Waals surface area contributed by atoms with E-state index in [9.17, 15) is 35.8 Å². The number of nitrogens with one attached hydrogen (secondary N) is 3. The van der Waals surface area contributed by atoms with Gasteiger partial charge in [0, 0.05) is 103 Å². The summed E-state index contributed by atoms with van der Waals surface area (Å²) in [5, 5.41) is 7.79. The van der Waals surface area contributed by atoms with Crippen LogP contribution in [0.1, 0.15) is 99.8 Å². The van der Waals surface area contributed by atoms with Gasteiger partial charge in [0.15, 0.2) is 0 Å². The SMILES string of the molecule is CCN(CC)c1ccc2cc(C3=Nc4cc(Cc5nc(Cc6ccc7nc(-c8cc9ccc(N(CC)CC)cc9oc8=O)[nH]c7c6)nc(Nc6ccc(S(=O)(=O)[O-])cc6)n5)ccc4C3)c(=O)oc2c1.CN(C)CCCCS(C)(=O)=O.O=C1NC(c2ccccc2)=C2CCC(c3ccccc3)=C12.[Cs+].[H-]. The summed E-state index contributed by atoms with van der Waals surface area (Å²) in [5.74, 6) is 1.83. The monoisotopic (exact) mass is 1530 g/mol. The van der Waals surface area contributed by atoms with Crippen molar-refractivity contribution in [2.75, 3.05) is 73.9 Å². The van der Waals surface area contributed by atoms with E-state index in [4.69, 9.17) is 33.8 Å². The van der Waals surface area contributed by atoms with Gasteiger partial charge >= 0.3 is 80.1 Å². The summed E-state index contributed by atoms with van der Waals surface area (Å²) in [6.07, 6.45) is 5.95. The second-order valence-electron chi connectivity index (χ2n) is 25.3. The molecular formula is C78H79CsN11O10S2-. The van der Waals surface area contributed by atoms with Gasteiger partial charge in [-0.05, 0) is 192 Å². The third-order valence-corrected chi connectivity index (χ3v) is 19.9. The maximum atomic E-state index is 13.4. The number of sulfone groups is 1. The molecule has 0 spiro atoms. The number of H-pyrrole nitrogens is 1. The van der Waals surface area contributed by atoms with Crippen molar-refractivity contribution >= 4 is 105 Å². The zero-order chi connectivity index (χ0) is 71.1. The first-order valence-corrected chi connectivity index (χ1v) is 37.2. The molecular weight excluding hydrogens is 1450 g/mol. The fourth-order valence-corrected chi connectivity index (χ4v) is 14.0. The van der Waals surface area contributed by atoms with Gasteiger partial charge in [-0.3, -0.25) is 9.79 Å². The van der Waals surface area contributed by atoms with Crippen LogP contribution in [0.4, 0.5) is 28.7 Å². The third-order valence-electron chi connectivity index (χ3n) is 18.0. The van der Waals surface area contributed by atoms with Crippen LogP contribution in [0, 0.1) is 0 Å². The number of benzene rings is 7. The van der Waals surface area contributed by atoms with Crippen LogP contribution in [0.15, 0.2) is 209 Å². The first-order valence-electron chi connectivity index (χ1n) is 33.7. The standard InChI is InChI=1S/C52H47N9O7S.C19H15NO.C7H17NO2S.Cs.H/c1-5-60(6-2)36-16-12-33-25-39(50(62)67-45(33)28-36)43-27-32-11-9-30(21-42(32)54-43)23-47-57-48(59-52(58-47)53-35-14-18-38(19-15-35)69(64,65)66)24-31-10-20-41-44(22-31)56-49(55-41)40-26-34-13-17-37(61(7-3)8-4)29-46(34)68-51(40)63;21-19-17-15(13-7-3-1-4-8-13)11-12-16(17)18(20-19)14-9-5-2-6-10-14;1-8(2)6-4-5-7-11(3,9)10;;/h9-22,25-26,28-29H,5-8,23-24,27H2,1-4H3,(H,55,56)(H,64,65,66)(H,53,57,58,59);1-10H,11-12H2,(H,20,21);4-7H2,1-3H3;;/q;;;+1;-1/p-1. The number of fused-ring (bicyclic) bond motifs is 5. The Kier molecular flexibility index (Phi) is 23.9. The van der Waals surface area contributed by atoms with Crippen molar-refractivity contribution in [3.05, 3.63) is 247 Å². The smallest absolute Gasteiger partial charge is 1.00 e. The molecule has 11 aromatic rings. The number of anilines is 4. The topological polar surface area (TPSA) is 282 Å². The number of aliphatic imine (C=N–C) groups is 1. The van der Waals surface area contributed by atoms with Crippen LogP contribution in [0.2, 0.25) is 0 Å². The molecule has 102 heavy (non-hydrogen) atoms. The summed E-state index contributed by atoms with van der Waals surface area (Å²) >= 11 is 0. The van der Waals surface area contributed by atoms with Gasteiger partial charge in [0.1, 0.15) is 54.2 Å². The Morgan fingerprint density at radius 1 is 0.608 bits per heavy atom. The molecule has 3 aliphatic rings. The Balaban J connectivity index is 0.000000274. The minimum atomic E-state index is -4.64. The second kappa shape index (κ2) is 32.8. The van der Waals surface area contributed by atoms with Crippen LogP contribution in [0.25, 0.3) is 55.6 Å². The number of imidazole rings is 1. The van der Waals surface area contributed by atoms with E-state index < -0.39 is 31.2 Å². The molecule has 6 heterocycles. The average molecular weight is 1530 g/mol. The molecule has 24 heteroatoms. The number of hydrogen-bond donors (Lipinski definition) is 3. The van der Waals surface area contributed by atoms with E-state index in [1.54, 1.807) is 6.07 Å². The summed E-state index contributed by atoms with van der Waals surface area (Å²) < 4.78 is 67.8. The Morgan fingerprint density at radius 3 is 1.76 bits per heavy atom. The Morgan fingerprint density at radius 2 is 1.18 bits per heavy atom. The number of amides is 1. The number of unbranched alkanes of at least 4 members (excludes halogenated alkanes) is 1. The molecule has 4 aromatic heterocycles. The van der Waals surface area contributed by atoms with Crippen molar-refractivity contribution in [3.63, 3.8) is 0 Å². The molecule has 0 bridgehead atoms. The summed E-state index contributed by atoms with van der Waals surface area (Å²) in [7, 11) is -3.41. The van der Waals surface area contributed by atoms with E-state index in [1.165, 1.54) is 41.7 Å². The number of allylic oxidation sites excluding steroid dienone is 1. The largest absolute Gasteiger partial charge is 1.00 e. The molecule has 0 radical (unpaired) electrons. The van der Waals surface area contributed by atoms with Crippen molar-refractivity contribution in [1.82, 2.24) is 35.1 Å². The van der Waals surface area contributed by atoms with E-state index in [0.717, 1.165) is 125 Å². The van der Waals surface area contributed by atoms with Gasteiger partial charge in [-0.25, -0.2) is 36.4 Å². The van der Waals surface area contributed by atoms with Crippen LogP contribution >= 0.6 is 0 Å². The molecule has 7 aromatic carbocycles. The zero-order valence-electron chi connectivity index (χ0n) is 59.3. The predicted molar refractivity (Wildman–Crippen MR) is 399 cm³/mol. The summed E-state index contributed by atoms with van der Waals surface area (Å²) in [6, 6.07) is 52.7. The fourth-order valence-electron chi connectivity index (χ4n) is 12.8.